The summed E-state index contributed by atoms with van der Waals surface area (Å²) in [5.41, 5.74) is 2.19. The van der Waals surface area contributed by atoms with Crippen molar-refractivity contribution in [1.29, 1.82) is 0 Å². The van der Waals surface area contributed by atoms with Crippen molar-refractivity contribution >= 4 is 15.5 Å². The van der Waals surface area contributed by atoms with Crippen LogP contribution < -0.4 is 0 Å². The Morgan fingerprint density at radius 2 is 1.89 bits per heavy atom. The predicted molar refractivity (Wildman–Crippen MR) is 103 cm³/mol. The van der Waals surface area contributed by atoms with Crippen molar-refractivity contribution in [2.75, 3.05) is 19.3 Å². The van der Waals surface area contributed by atoms with Gasteiger partial charge in [0.2, 0.25) is 0 Å². The fourth-order valence-corrected chi connectivity index (χ4v) is 4.29. The molecule has 3 aromatic rings. The fraction of sp³-hybridized carbons (Fsp3) is 0.421. The Morgan fingerprint density at radius 1 is 1.14 bits per heavy atom. The third kappa shape index (κ3) is 3.65. The van der Waals surface area contributed by atoms with E-state index in [1.165, 1.54) is 10.7 Å². The Balaban J connectivity index is 1.45. The number of aryl methyl sites for hydroxylation is 1. The second kappa shape index (κ2) is 6.91. The predicted octanol–water partition coefficient (Wildman–Crippen LogP) is 1.32. The Labute approximate surface area is 163 Å². The summed E-state index contributed by atoms with van der Waals surface area (Å²) in [5, 5.41) is 15.1. The zero-order valence-electron chi connectivity index (χ0n) is 15.9. The van der Waals surface area contributed by atoms with Gasteiger partial charge in [-0.05, 0) is 31.4 Å². The summed E-state index contributed by atoms with van der Waals surface area (Å²) in [6, 6.07) is 3.88. The van der Waals surface area contributed by atoms with Crippen LogP contribution in [-0.2, 0) is 22.0 Å². The van der Waals surface area contributed by atoms with Gasteiger partial charge in [-0.25, -0.2) is 17.9 Å². The number of aliphatic hydroxyl groups is 1. The summed E-state index contributed by atoms with van der Waals surface area (Å²) >= 11 is 0. The van der Waals surface area contributed by atoms with Crippen LogP contribution in [0.15, 0.2) is 41.8 Å². The van der Waals surface area contributed by atoms with Crippen LogP contribution in [0.25, 0.3) is 5.65 Å². The minimum absolute atomic E-state index is 0.132. The highest BCUT2D eigenvalue weighted by Gasteiger charge is 2.35. The molecule has 0 unspecified atom stereocenters. The van der Waals surface area contributed by atoms with E-state index in [4.69, 9.17) is 0 Å². The zero-order valence-corrected chi connectivity index (χ0v) is 16.7. The van der Waals surface area contributed by atoms with Gasteiger partial charge in [0.25, 0.3) is 0 Å². The Bertz CT molecular complexity index is 1100. The average Bonchev–Trinajstić information content (AvgIpc) is 3.08. The summed E-state index contributed by atoms with van der Waals surface area (Å²) in [6.07, 6.45) is 8.98. The van der Waals surface area contributed by atoms with Crippen molar-refractivity contribution in [3.8, 4) is 0 Å². The number of aromatic nitrogens is 4. The van der Waals surface area contributed by atoms with Gasteiger partial charge in [-0.1, -0.05) is 6.07 Å². The first kappa shape index (κ1) is 19.0. The molecule has 0 aromatic carbocycles. The molecule has 1 aliphatic heterocycles. The summed E-state index contributed by atoms with van der Waals surface area (Å²) < 4.78 is 25.1. The molecule has 1 saturated heterocycles. The number of rotatable bonds is 4. The van der Waals surface area contributed by atoms with Crippen LogP contribution in [0.2, 0.25) is 0 Å². The molecule has 1 aliphatic rings. The number of piperidine rings is 1. The molecule has 0 amide bonds. The first-order chi connectivity index (χ1) is 13.2. The van der Waals surface area contributed by atoms with Gasteiger partial charge in [0.1, 0.15) is 10.5 Å². The van der Waals surface area contributed by atoms with Crippen molar-refractivity contribution in [3.63, 3.8) is 0 Å². The van der Waals surface area contributed by atoms with Gasteiger partial charge in [0.15, 0.2) is 15.5 Å². The fourth-order valence-electron chi connectivity index (χ4n) is 3.57. The van der Waals surface area contributed by atoms with E-state index < -0.39 is 15.4 Å². The number of fused-ring (bicyclic) bond motifs is 1. The maximum absolute atomic E-state index is 11.8. The molecule has 1 N–H and O–H groups in total. The van der Waals surface area contributed by atoms with Crippen molar-refractivity contribution in [2.24, 2.45) is 0 Å². The molecule has 148 valence electrons. The normalized spacial score (nSPS) is 17.8. The number of sulfone groups is 1. The molecular weight excluding hydrogens is 378 g/mol. The molecule has 9 heteroatoms. The SMILES string of the molecule is Cc1ccc(C2(O)CCN(Cc3cnc4c(S(C)(=O)=O)cnn4c3)CC2)nc1. The van der Waals surface area contributed by atoms with Crippen LogP contribution in [0.4, 0.5) is 0 Å². The molecular formula is C19H23N5O3S. The lowest BCUT2D eigenvalue weighted by Crippen LogP contribution is -2.42. The van der Waals surface area contributed by atoms with Gasteiger partial charge in [-0.3, -0.25) is 9.88 Å². The van der Waals surface area contributed by atoms with Gasteiger partial charge in [0, 0.05) is 50.0 Å². The molecule has 4 heterocycles. The lowest BCUT2D eigenvalue weighted by Gasteiger charge is -2.37. The van der Waals surface area contributed by atoms with E-state index in [1.54, 1.807) is 18.6 Å². The zero-order chi connectivity index (χ0) is 19.9. The standard InChI is InChI=1S/C19H23N5O3S/c1-14-3-4-17(20-9-14)19(25)5-7-23(8-6-19)12-15-10-21-18-16(28(2,26)27)11-22-24(18)13-15/h3-4,9-11,13,25H,5-8,12H2,1-2H3. The summed E-state index contributed by atoms with van der Waals surface area (Å²) in [4.78, 5) is 11.1. The largest absolute Gasteiger partial charge is 0.383 e. The van der Waals surface area contributed by atoms with Crippen LogP contribution in [-0.4, -0.2) is 57.4 Å². The lowest BCUT2D eigenvalue weighted by atomic mass is 9.87. The van der Waals surface area contributed by atoms with Gasteiger partial charge in [-0.2, -0.15) is 5.10 Å². The molecule has 1 fully saturated rings. The molecule has 8 nitrogen and oxygen atoms in total. The van der Waals surface area contributed by atoms with E-state index >= 15 is 0 Å². The monoisotopic (exact) mass is 401 g/mol. The van der Waals surface area contributed by atoms with Crippen LogP contribution in [0, 0.1) is 6.92 Å². The highest BCUT2D eigenvalue weighted by atomic mass is 32.2. The quantitative estimate of drug-likeness (QED) is 0.704. The van der Waals surface area contributed by atoms with Crippen LogP contribution in [0.5, 0.6) is 0 Å². The van der Waals surface area contributed by atoms with Crippen LogP contribution >= 0.6 is 0 Å². The maximum atomic E-state index is 11.8. The second-order valence-corrected chi connectivity index (χ2v) is 9.52. The van der Waals surface area contributed by atoms with E-state index in [2.05, 4.69) is 20.0 Å². The highest BCUT2D eigenvalue weighted by Crippen LogP contribution is 2.32. The number of pyridine rings is 1. The molecule has 0 spiro atoms. The van der Waals surface area contributed by atoms with Crippen LogP contribution in [0.3, 0.4) is 0 Å². The molecule has 4 rings (SSSR count). The van der Waals surface area contributed by atoms with E-state index in [0.29, 0.717) is 25.0 Å². The number of likely N-dealkylation sites (tertiary alicyclic amines) is 1. The summed E-state index contributed by atoms with van der Waals surface area (Å²) in [6.45, 7) is 4.11. The van der Waals surface area contributed by atoms with Crippen molar-refractivity contribution in [1.82, 2.24) is 24.5 Å². The van der Waals surface area contributed by atoms with Crippen LogP contribution in [0.1, 0.15) is 29.7 Å². The minimum atomic E-state index is -3.36. The average molecular weight is 401 g/mol. The summed E-state index contributed by atoms with van der Waals surface area (Å²) in [5.74, 6) is 0. The Hall–Kier alpha value is -2.36. The van der Waals surface area contributed by atoms with E-state index in [0.717, 1.165) is 36.2 Å². The lowest BCUT2D eigenvalue weighted by molar-refractivity contribution is -0.0311. The maximum Gasteiger partial charge on any atom is 0.180 e. The first-order valence-electron chi connectivity index (χ1n) is 9.15. The van der Waals surface area contributed by atoms with Gasteiger partial charge >= 0.3 is 0 Å². The molecule has 0 radical (unpaired) electrons. The van der Waals surface area contributed by atoms with Gasteiger partial charge in [0.05, 0.1) is 11.9 Å². The molecule has 0 atom stereocenters. The van der Waals surface area contributed by atoms with Gasteiger partial charge in [-0.15, -0.1) is 0 Å². The number of hydrogen-bond donors (Lipinski definition) is 1. The van der Waals surface area contributed by atoms with Crippen molar-refractivity contribution in [2.45, 2.75) is 36.8 Å². The second-order valence-electron chi connectivity index (χ2n) is 7.54. The van der Waals surface area contributed by atoms with E-state index in [1.807, 2.05) is 19.1 Å². The van der Waals surface area contributed by atoms with Gasteiger partial charge < -0.3 is 5.11 Å². The number of hydrogen-bond acceptors (Lipinski definition) is 7. The third-order valence-corrected chi connectivity index (χ3v) is 6.34. The molecule has 0 aliphatic carbocycles. The molecule has 3 aromatic heterocycles. The Kier molecular flexibility index (Phi) is 4.68. The molecule has 0 saturated carbocycles. The smallest absolute Gasteiger partial charge is 0.180 e. The van der Waals surface area contributed by atoms with Crippen molar-refractivity contribution < 1.29 is 13.5 Å². The van der Waals surface area contributed by atoms with E-state index in [9.17, 15) is 13.5 Å². The first-order valence-corrected chi connectivity index (χ1v) is 11.0. The molecule has 0 bridgehead atoms. The van der Waals surface area contributed by atoms with Crippen molar-refractivity contribution in [3.05, 3.63) is 53.7 Å². The topological polar surface area (TPSA) is 101 Å². The Morgan fingerprint density at radius 3 is 2.54 bits per heavy atom. The highest BCUT2D eigenvalue weighted by molar-refractivity contribution is 7.90. The minimum Gasteiger partial charge on any atom is -0.383 e. The van der Waals surface area contributed by atoms with E-state index in [-0.39, 0.29) is 4.90 Å². The third-order valence-electron chi connectivity index (χ3n) is 5.25. The summed E-state index contributed by atoms with van der Waals surface area (Å²) in [7, 11) is -3.36. The number of nitrogens with zero attached hydrogens (tertiary/aromatic N) is 5. The molecule has 28 heavy (non-hydrogen) atoms.